The van der Waals surface area contributed by atoms with E-state index in [4.69, 9.17) is 4.74 Å². The number of methoxy groups -OCH3 is 1. The summed E-state index contributed by atoms with van der Waals surface area (Å²) >= 11 is 0. The molecule has 136 valence electrons. The van der Waals surface area contributed by atoms with Crippen LogP contribution in [0.25, 0.3) is 0 Å². The molecule has 2 heterocycles. The first-order valence-electron chi connectivity index (χ1n) is 9.03. The van der Waals surface area contributed by atoms with E-state index in [1.54, 1.807) is 7.11 Å². The molecule has 1 N–H and O–H groups in total. The Morgan fingerprint density at radius 1 is 1.15 bits per heavy atom. The minimum absolute atomic E-state index is 0.0227. The smallest absolute Gasteiger partial charge is 0.253 e. The van der Waals surface area contributed by atoms with E-state index in [-0.39, 0.29) is 37.1 Å². The van der Waals surface area contributed by atoms with Gasteiger partial charge in [0.25, 0.3) is 5.91 Å². The van der Waals surface area contributed by atoms with Gasteiger partial charge in [0, 0.05) is 43.9 Å². The lowest BCUT2D eigenvalue weighted by Crippen LogP contribution is -2.68. The Balaban J connectivity index is 1.65. The van der Waals surface area contributed by atoms with Gasteiger partial charge in [-0.15, -0.1) is 0 Å². The Morgan fingerprint density at radius 3 is 2.62 bits per heavy atom. The van der Waals surface area contributed by atoms with Gasteiger partial charge in [0.05, 0.1) is 6.61 Å². The van der Waals surface area contributed by atoms with Crippen LogP contribution in [0.15, 0.2) is 54.6 Å². The van der Waals surface area contributed by atoms with E-state index in [0.29, 0.717) is 6.54 Å². The van der Waals surface area contributed by atoms with Crippen LogP contribution in [-0.2, 0) is 16.1 Å². The fourth-order valence-electron chi connectivity index (χ4n) is 4.43. The SMILES string of the molecule is COCC(=O)N1C[C@H]2[C@@H](c3ccccc31)[C@@H](CO)N2Cc1ccccc1. The number of carbonyl (C=O) groups excluding carboxylic acids is 1. The van der Waals surface area contributed by atoms with Crippen molar-refractivity contribution in [1.29, 1.82) is 0 Å². The summed E-state index contributed by atoms with van der Waals surface area (Å²) in [5, 5.41) is 10.0. The van der Waals surface area contributed by atoms with E-state index in [0.717, 1.165) is 17.8 Å². The summed E-state index contributed by atoms with van der Waals surface area (Å²) in [6.45, 7) is 1.61. The first-order valence-corrected chi connectivity index (χ1v) is 9.03. The number of fused-ring (bicyclic) bond motifs is 3. The highest BCUT2D eigenvalue weighted by atomic mass is 16.5. The van der Waals surface area contributed by atoms with E-state index < -0.39 is 0 Å². The van der Waals surface area contributed by atoms with E-state index in [1.807, 2.05) is 41.3 Å². The number of benzene rings is 2. The number of ether oxygens (including phenoxy) is 1. The van der Waals surface area contributed by atoms with E-state index in [9.17, 15) is 9.90 Å². The number of aliphatic hydroxyl groups is 1. The van der Waals surface area contributed by atoms with E-state index in [1.165, 1.54) is 5.56 Å². The second kappa shape index (κ2) is 7.19. The van der Waals surface area contributed by atoms with Crippen LogP contribution in [0.3, 0.4) is 0 Å². The lowest BCUT2D eigenvalue weighted by molar-refractivity contribution is -0.123. The normalized spacial score (nSPS) is 24.5. The number of aliphatic hydroxyl groups excluding tert-OH is 1. The highest BCUT2D eigenvalue weighted by Gasteiger charge is 2.52. The molecule has 0 saturated carbocycles. The average Bonchev–Trinajstić information content (AvgIpc) is 2.67. The number of para-hydroxylation sites is 1. The molecular weight excluding hydrogens is 328 g/mol. The zero-order chi connectivity index (χ0) is 18.1. The maximum Gasteiger partial charge on any atom is 0.253 e. The lowest BCUT2D eigenvalue weighted by Gasteiger charge is -2.59. The molecule has 0 radical (unpaired) electrons. The Bertz CT molecular complexity index is 780. The molecule has 0 bridgehead atoms. The molecule has 2 aromatic rings. The summed E-state index contributed by atoms with van der Waals surface area (Å²) in [6.07, 6.45) is 0. The molecular formula is C21H24N2O3. The quantitative estimate of drug-likeness (QED) is 0.894. The summed E-state index contributed by atoms with van der Waals surface area (Å²) in [7, 11) is 1.55. The van der Waals surface area contributed by atoms with Gasteiger partial charge in [-0.05, 0) is 17.2 Å². The number of carbonyl (C=O) groups is 1. The Morgan fingerprint density at radius 2 is 1.88 bits per heavy atom. The number of hydrogen-bond donors (Lipinski definition) is 1. The Hall–Kier alpha value is -2.21. The van der Waals surface area contributed by atoms with E-state index in [2.05, 4.69) is 23.1 Å². The Kier molecular flexibility index (Phi) is 4.76. The van der Waals surface area contributed by atoms with Crippen molar-refractivity contribution >= 4 is 11.6 Å². The highest BCUT2D eigenvalue weighted by Crippen LogP contribution is 2.48. The third kappa shape index (κ3) is 2.82. The maximum absolute atomic E-state index is 12.6. The molecule has 1 amide bonds. The fourth-order valence-corrected chi connectivity index (χ4v) is 4.43. The maximum atomic E-state index is 12.6. The summed E-state index contributed by atoms with van der Waals surface area (Å²) in [4.78, 5) is 16.7. The van der Waals surface area contributed by atoms with Crippen molar-refractivity contribution in [2.75, 3.05) is 31.8 Å². The van der Waals surface area contributed by atoms with Gasteiger partial charge in [-0.25, -0.2) is 0 Å². The topological polar surface area (TPSA) is 53.0 Å². The molecule has 3 atom stereocenters. The molecule has 5 nitrogen and oxygen atoms in total. The number of amides is 1. The van der Waals surface area contributed by atoms with Crippen LogP contribution in [0, 0.1) is 0 Å². The molecule has 0 spiro atoms. The standard InChI is InChI=1S/C21H24N2O3/c1-26-14-20(25)23-12-18-21(16-9-5-6-10-17(16)23)19(13-24)22(18)11-15-7-3-2-4-8-15/h2-10,18-19,21,24H,11-14H2,1H3/t18-,19+,21+/m0/s1. The first-order chi connectivity index (χ1) is 12.7. The summed E-state index contributed by atoms with van der Waals surface area (Å²) in [5.41, 5.74) is 3.32. The third-order valence-corrected chi connectivity index (χ3v) is 5.60. The molecule has 0 aromatic heterocycles. The van der Waals surface area contributed by atoms with Gasteiger partial charge < -0.3 is 14.7 Å². The molecule has 2 aliphatic heterocycles. The molecule has 1 fully saturated rings. The Labute approximate surface area is 153 Å². The van der Waals surface area contributed by atoms with Crippen molar-refractivity contribution in [1.82, 2.24) is 4.90 Å². The minimum Gasteiger partial charge on any atom is -0.395 e. The monoisotopic (exact) mass is 352 g/mol. The van der Waals surface area contributed by atoms with Gasteiger partial charge >= 0.3 is 0 Å². The lowest BCUT2D eigenvalue weighted by atomic mass is 9.71. The van der Waals surface area contributed by atoms with Crippen LogP contribution in [-0.4, -0.2) is 54.9 Å². The number of hydrogen-bond acceptors (Lipinski definition) is 4. The van der Waals surface area contributed by atoms with Gasteiger partial charge in [0.1, 0.15) is 6.61 Å². The molecule has 5 heteroatoms. The van der Waals surface area contributed by atoms with Crippen LogP contribution in [0.4, 0.5) is 5.69 Å². The summed E-state index contributed by atoms with van der Waals surface area (Å²) in [6, 6.07) is 18.6. The first kappa shape index (κ1) is 17.2. The largest absolute Gasteiger partial charge is 0.395 e. The highest BCUT2D eigenvalue weighted by molar-refractivity contribution is 5.96. The molecule has 4 rings (SSSR count). The predicted molar refractivity (Wildman–Crippen MR) is 100 cm³/mol. The summed E-state index contributed by atoms with van der Waals surface area (Å²) < 4.78 is 5.07. The molecule has 26 heavy (non-hydrogen) atoms. The van der Waals surface area contributed by atoms with Gasteiger partial charge in [0.2, 0.25) is 0 Å². The van der Waals surface area contributed by atoms with Crippen molar-refractivity contribution in [2.45, 2.75) is 24.5 Å². The number of nitrogens with zero attached hydrogens (tertiary/aromatic N) is 2. The molecule has 1 saturated heterocycles. The molecule has 0 unspecified atom stereocenters. The molecule has 2 aromatic carbocycles. The van der Waals surface area contributed by atoms with Crippen molar-refractivity contribution in [3.63, 3.8) is 0 Å². The summed E-state index contributed by atoms with van der Waals surface area (Å²) in [5.74, 6) is 0.233. The number of anilines is 1. The fraction of sp³-hybridized carbons (Fsp3) is 0.381. The van der Waals surface area contributed by atoms with Gasteiger partial charge in [-0.1, -0.05) is 48.5 Å². The zero-order valence-corrected chi connectivity index (χ0v) is 14.9. The van der Waals surface area contributed by atoms with Crippen molar-refractivity contribution in [3.05, 3.63) is 65.7 Å². The third-order valence-electron chi connectivity index (χ3n) is 5.60. The van der Waals surface area contributed by atoms with Gasteiger partial charge in [0.15, 0.2) is 0 Å². The van der Waals surface area contributed by atoms with E-state index >= 15 is 0 Å². The number of likely N-dealkylation sites (tertiary alicyclic amines) is 1. The zero-order valence-electron chi connectivity index (χ0n) is 14.9. The number of rotatable bonds is 5. The average molecular weight is 352 g/mol. The van der Waals surface area contributed by atoms with Gasteiger partial charge in [-0.3, -0.25) is 9.69 Å². The van der Waals surface area contributed by atoms with Crippen molar-refractivity contribution in [2.24, 2.45) is 0 Å². The molecule has 0 aliphatic carbocycles. The van der Waals surface area contributed by atoms with Crippen LogP contribution in [0.5, 0.6) is 0 Å². The minimum atomic E-state index is -0.0227. The molecule has 2 aliphatic rings. The predicted octanol–water partition coefficient (Wildman–Crippen LogP) is 2.01. The van der Waals surface area contributed by atoms with Crippen molar-refractivity contribution < 1.29 is 14.6 Å². The second-order valence-corrected chi connectivity index (χ2v) is 7.00. The van der Waals surface area contributed by atoms with Crippen molar-refractivity contribution in [3.8, 4) is 0 Å². The van der Waals surface area contributed by atoms with Gasteiger partial charge in [-0.2, -0.15) is 0 Å². The van der Waals surface area contributed by atoms with Crippen LogP contribution < -0.4 is 4.90 Å². The van der Waals surface area contributed by atoms with Crippen LogP contribution in [0.2, 0.25) is 0 Å². The van der Waals surface area contributed by atoms with Crippen LogP contribution >= 0.6 is 0 Å². The van der Waals surface area contributed by atoms with Crippen LogP contribution in [0.1, 0.15) is 17.0 Å². The second-order valence-electron chi connectivity index (χ2n) is 7.00.